The van der Waals surface area contributed by atoms with Crippen molar-refractivity contribution >= 4 is 0 Å². The van der Waals surface area contributed by atoms with Gasteiger partial charge in [0.1, 0.15) is 5.69 Å². The summed E-state index contributed by atoms with van der Waals surface area (Å²) in [5.74, 6) is 0.879. The zero-order valence-corrected chi connectivity index (χ0v) is 11.8. The highest BCUT2D eigenvalue weighted by Crippen LogP contribution is 2.29. The van der Waals surface area contributed by atoms with E-state index >= 15 is 0 Å². The van der Waals surface area contributed by atoms with E-state index in [1.165, 1.54) is 36.8 Å². The maximum atomic E-state index is 5.59. The largest absolute Gasteiger partial charge is 0.443 e. The Balaban J connectivity index is 1.75. The number of hydrogen-bond acceptors (Lipinski definition) is 4. The summed E-state index contributed by atoms with van der Waals surface area (Å²) in [6.07, 6.45) is 5.17. The molecule has 1 heterocycles. The number of aryl methyl sites for hydroxylation is 2. The average Bonchev–Trinajstić information content (AvgIpc) is 3.11. The van der Waals surface area contributed by atoms with Gasteiger partial charge in [0.15, 0.2) is 12.2 Å². The summed E-state index contributed by atoms with van der Waals surface area (Å²) in [6, 6.07) is 6.62. The summed E-state index contributed by atoms with van der Waals surface area (Å²) in [7, 11) is 1.70. The van der Waals surface area contributed by atoms with E-state index in [9.17, 15) is 0 Å². The van der Waals surface area contributed by atoms with Gasteiger partial charge in [-0.15, -0.1) is 0 Å². The number of hydrogen-bond donors (Lipinski definition) is 1. The molecule has 0 bridgehead atoms. The molecular weight excluding hydrogens is 252 g/mol. The summed E-state index contributed by atoms with van der Waals surface area (Å²) >= 11 is 0. The molecule has 20 heavy (non-hydrogen) atoms. The lowest BCUT2D eigenvalue weighted by Gasteiger charge is -2.06. The molecule has 1 aromatic carbocycles. The molecule has 1 aliphatic carbocycles. The lowest BCUT2D eigenvalue weighted by molar-refractivity contribution is 0.199. The maximum Gasteiger partial charge on any atom is 0.181 e. The van der Waals surface area contributed by atoms with Gasteiger partial charge in [0.05, 0.1) is 6.61 Å². The molecule has 4 nitrogen and oxygen atoms in total. The summed E-state index contributed by atoms with van der Waals surface area (Å²) in [4.78, 5) is 4.31. The van der Waals surface area contributed by atoms with Gasteiger partial charge in [-0.3, -0.25) is 0 Å². The van der Waals surface area contributed by atoms with Gasteiger partial charge in [0.25, 0.3) is 0 Å². The van der Waals surface area contributed by atoms with Crippen LogP contribution in [0.2, 0.25) is 0 Å². The van der Waals surface area contributed by atoms with Crippen molar-refractivity contribution in [1.82, 2.24) is 10.3 Å². The first kappa shape index (κ1) is 13.3. The number of nitrogens with zero attached hydrogens (tertiary/aromatic N) is 1. The second-order valence-electron chi connectivity index (χ2n) is 5.13. The van der Waals surface area contributed by atoms with Crippen LogP contribution in [0.25, 0.3) is 11.3 Å². The van der Waals surface area contributed by atoms with E-state index in [2.05, 4.69) is 28.5 Å². The molecule has 3 rings (SSSR count). The van der Waals surface area contributed by atoms with E-state index in [1.807, 2.05) is 0 Å². The number of fused-ring (bicyclic) bond motifs is 1. The maximum absolute atomic E-state index is 5.59. The van der Waals surface area contributed by atoms with Crippen LogP contribution < -0.4 is 5.32 Å². The fourth-order valence-corrected chi connectivity index (χ4v) is 2.72. The van der Waals surface area contributed by atoms with Crippen molar-refractivity contribution in [3.8, 4) is 11.3 Å². The number of methoxy groups -OCH3 is 1. The van der Waals surface area contributed by atoms with Crippen LogP contribution in [0.1, 0.15) is 23.2 Å². The van der Waals surface area contributed by atoms with Gasteiger partial charge in [-0.2, -0.15) is 0 Å². The summed E-state index contributed by atoms with van der Waals surface area (Å²) in [5.41, 5.74) is 5.02. The minimum absolute atomic E-state index is 0.700. The molecule has 1 aliphatic rings. The molecule has 106 valence electrons. The summed E-state index contributed by atoms with van der Waals surface area (Å²) < 4.78 is 10.6. The number of aromatic nitrogens is 1. The molecule has 0 atom stereocenters. The van der Waals surface area contributed by atoms with E-state index in [1.54, 1.807) is 7.11 Å². The van der Waals surface area contributed by atoms with Crippen LogP contribution in [0.4, 0.5) is 0 Å². The Morgan fingerprint density at radius 3 is 3.10 bits per heavy atom. The molecular formula is C16H20N2O2. The van der Waals surface area contributed by atoms with Crippen molar-refractivity contribution in [2.24, 2.45) is 0 Å². The summed E-state index contributed by atoms with van der Waals surface area (Å²) in [5, 5.41) is 3.30. The van der Waals surface area contributed by atoms with Crippen molar-refractivity contribution in [3.63, 3.8) is 0 Å². The van der Waals surface area contributed by atoms with Crippen LogP contribution in [0.5, 0.6) is 0 Å². The van der Waals surface area contributed by atoms with E-state index < -0.39 is 0 Å². The van der Waals surface area contributed by atoms with Crippen LogP contribution in [-0.2, 0) is 24.1 Å². The third kappa shape index (κ3) is 2.76. The molecule has 0 saturated carbocycles. The molecule has 1 aromatic heterocycles. The molecule has 0 radical (unpaired) electrons. The SMILES string of the molecule is COCCNCc1ncoc1-c1ccc2c(c1)CCC2. The van der Waals surface area contributed by atoms with Gasteiger partial charge in [-0.05, 0) is 36.5 Å². The lowest BCUT2D eigenvalue weighted by Crippen LogP contribution is -2.19. The Labute approximate surface area is 119 Å². The van der Waals surface area contributed by atoms with E-state index in [0.29, 0.717) is 13.2 Å². The van der Waals surface area contributed by atoms with Crippen molar-refractivity contribution in [2.45, 2.75) is 25.8 Å². The third-order valence-electron chi connectivity index (χ3n) is 3.78. The zero-order chi connectivity index (χ0) is 13.8. The fourth-order valence-electron chi connectivity index (χ4n) is 2.72. The molecule has 0 unspecified atom stereocenters. The Bertz CT molecular complexity index is 578. The normalized spacial score (nSPS) is 13.7. The van der Waals surface area contributed by atoms with E-state index in [4.69, 9.17) is 9.15 Å². The number of nitrogens with one attached hydrogen (secondary N) is 1. The van der Waals surface area contributed by atoms with Crippen LogP contribution in [0.15, 0.2) is 29.0 Å². The highest BCUT2D eigenvalue weighted by atomic mass is 16.5. The van der Waals surface area contributed by atoms with E-state index in [-0.39, 0.29) is 0 Å². The van der Waals surface area contributed by atoms with Gasteiger partial charge in [-0.25, -0.2) is 4.98 Å². The third-order valence-corrected chi connectivity index (χ3v) is 3.78. The van der Waals surface area contributed by atoms with E-state index in [0.717, 1.165) is 23.6 Å². The molecule has 0 saturated heterocycles. The second-order valence-corrected chi connectivity index (χ2v) is 5.13. The topological polar surface area (TPSA) is 47.3 Å². The highest BCUT2D eigenvalue weighted by Gasteiger charge is 2.15. The van der Waals surface area contributed by atoms with Crippen LogP contribution >= 0.6 is 0 Å². The Kier molecular flexibility index (Phi) is 4.14. The van der Waals surface area contributed by atoms with Crippen LogP contribution in [-0.4, -0.2) is 25.2 Å². The van der Waals surface area contributed by atoms with Crippen LogP contribution in [0, 0.1) is 0 Å². The predicted molar refractivity (Wildman–Crippen MR) is 77.5 cm³/mol. The van der Waals surface area contributed by atoms with Gasteiger partial charge >= 0.3 is 0 Å². The number of ether oxygens (including phenoxy) is 1. The zero-order valence-electron chi connectivity index (χ0n) is 11.8. The number of rotatable bonds is 6. The van der Waals surface area contributed by atoms with Crippen molar-refractivity contribution < 1.29 is 9.15 Å². The average molecular weight is 272 g/mol. The molecule has 0 spiro atoms. The number of benzene rings is 1. The van der Waals surface area contributed by atoms with Gasteiger partial charge in [-0.1, -0.05) is 12.1 Å². The monoisotopic (exact) mass is 272 g/mol. The Morgan fingerprint density at radius 1 is 1.30 bits per heavy atom. The quantitative estimate of drug-likeness (QED) is 0.821. The van der Waals surface area contributed by atoms with Crippen molar-refractivity contribution in [1.29, 1.82) is 0 Å². The highest BCUT2D eigenvalue weighted by molar-refractivity contribution is 5.62. The van der Waals surface area contributed by atoms with Gasteiger partial charge in [0, 0.05) is 25.8 Å². The molecule has 0 fully saturated rings. The minimum Gasteiger partial charge on any atom is -0.443 e. The van der Waals surface area contributed by atoms with Crippen molar-refractivity contribution in [2.75, 3.05) is 20.3 Å². The standard InChI is InChI=1S/C16H20N2O2/c1-19-8-7-17-10-15-16(20-11-18-15)14-6-5-12-3-2-4-13(12)9-14/h5-6,9,11,17H,2-4,7-8,10H2,1H3. The first-order valence-electron chi connectivity index (χ1n) is 7.12. The Hall–Kier alpha value is -1.65. The fraction of sp³-hybridized carbons (Fsp3) is 0.438. The first-order valence-corrected chi connectivity index (χ1v) is 7.12. The molecule has 4 heteroatoms. The smallest absolute Gasteiger partial charge is 0.181 e. The molecule has 2 aromatic rings. The summed E-state index contributed by atoms with van der Waals surface area (Å²) in [6.45, 7) is 2.21. The predicted octanol–water partition coefficient (Wildman–Crippen LogP) is 2.57. The number of oxazole rings is 1. The minimum atomic E-state index is 0.700. The van der Waals surface area contributed by atoms with Crippen LogP contribution in [0.3, 0.4) is 0 Å². The second kappa shape index (κ2) is 6.20. The first-order chi connectivity index (χ1) is 9.88. The Morgan fingerprint density at radius 2 is 2.20 bits per heavy atom. The van der Waals surface area contributed by atoms with Crippen molar-refractivity contribution in [3.05, 3.63) is 41.4 Å². The molecule has 0 amide bonds. The lowest BCUT2D eigenvalue weighted by atomic mass is 10.0. The van der Waals surface area contributed by atoms with Gasteiger partial charge < -0.3 is 14.5 Å². The van der Waals surface area contributed by atoms with Gasteiger partial charge in [0.2, 0.25) is 0 Å². The molecule has 0 aliphatic heterocycles. The molecule has 1 N–H and O–H groups in total.